The zero-order chi connectivity index (χ0) is 10.6. The molecule has 3 atom stereocenters. The summed E-state index contributed by atoms with van der Waals surface area (Å²) in [6, 6.07) is 0.803. The van der Waals surface area contributed by atoms with Crippen LogP contribution in [0.3, 0.4) is 0 Å². The minimum Gasteiger partial charge on any atom is -0.330 e. The van der Waals surface area contributed by atoms with Crippen LogP contribution in [0, 0.1) is 11.8 Å². The van der Waals surface area contributed by atoms with Crippen molar-refractivity contribution in [3.05, 3.63) is 0 Å². The Hall–Kier alpha value is -0.0800. The molecule has 1 rings (SSSR count). The molecule has 2 nitrogen and oxygen atoms in total. The predicted octanol–water partition coefficient (Wildman–Crippen LogP) is 2.09. The number of rotatable bonds is 4. The van der Waals surface area contributed by atoms with Gasteiger partial charge in [-0.05, 0) is 57.7 Å². The van der Waals surface area contributed by atoms with Crippen LogP contribution in [0.5, 0.6) is 0 Å². The predicted molar refractivity (Wildman–Crippen MR) is 62.3 cm³/mol. The summed E-state index contributed by atoms with van der Waals surface area (Å²) in [7, 11) is 2.26. The molecule has 0 aliphatic heterocycles. The highest BCUT2D eigenvalue weighted by atomic mass is 15.1. The Morgan fingerprint density at radius 1 is 1.29 bits per heavy atom. The average Bonchev–Trinajstić information content (AvgIpc) is 2.14. The van der Waals surface area contributed by atoms with Gasteiger partial charge in [-0.2, -0.15) is 0 Å². The first kappa shape index (κ1) is 12.0. The van der Waals surface area contributed by atoms with Crippen LogP contribution in [-0.2, 0) is 0 Å². The van der Waals surface area contributed by atoms with Crippen LogP contribution in [0.15, 0.2) is 0 Å². The van der Waals surface area contributed by atoms with Crippen molar-refractivity contribution in [1.82, 2.24) is 4.90 Å². The Morgan fingerprint density at radius 3 is 2.57 bits per heavy atom. The monoisotopic (exact) mass is 198 g/mol. The van der Waals surface area contributed by atoms with Gasteiger partial charge in [-0.1, -0.05) is 13.8 Å². The van der Waals surface area contributed by atoms with E-state index in [0.717, 1.165) is 30.8 Å². The summed E-state index contributed by atoms with van der Waals surface area (Å²) in [5.41, 5.74) is 5.54. The highest BCUT2D eigenvalue weighted by Crippen LogP contribution is 2.31. The fourth-order valence-corrected chi connectivity index (χ4v) is 2.81. The molecule has 2 heteroatoms. The molecule has 0 aromatic rings. The molecule has 1 aliphatic carbocycles. The van der Waals surface area contributed by atoms with Gasteiger partial charge in [-0.15, -0.1) is 0 Å². The molecule has 3 unspecified atom stereocenters. The highest BCUT2D eigenvalue weighted by molar-refractivity contribution is 4.81. The molecule has 1 saturated carbocycles. The van der Waals surface area contributed by atoms with Crippen LogP contribution < -0.4 is 5.73 Å². The molecule has 0 amide bonds. The van der Waals surface area contributed by atoms with Crippen molar-refractivity contribution < 1.29 is 0 Å². The molecule has 14 heavy (non-hydrogen) atoms. The smallest absolute Gasteiger partial charge is 0.0118 e. The van der Waals surface area contributed by atoms with Crippen molar-refractivity contribution in [3.8, 4) is 0 Å². The zero-order valence-electron chi connectivity index (χ0n) is 10.00. The van der Waals surface area contributed by atoms with Crippen LogP contribution in [-0.4, -0.2) is 31.1 Å². The maximum atomic E-state index is 5.54. The van der Waals surface area contributed by atoms with Gasteiger partial charge in [0.1, 0.15) is 0 Å². The molecule has 0 saturated heterocycles. The Kier molecular flexibility index (Phi) is 4.90. The molecule has 0 heterocycles. The van der Waals surface area contributed by atoms with Gasteiger partial charge in [0.15, 0.2) is 0 Å². The van der Waals surface area contributed by atoms with Crippen molar-refractivity contribution in [1.29, 1.82) is 0 Å². The van der Waals surface area contributed by atoms with E-state index in [1.807, 2.05) is 0 Å². The molecule has 1 fully saturated rings. The third-order valence-electron chi connectivity index (χ3n) is 3.67. The largest absolute Gasteiger partial charge is 0.330 e. The normalized spacial score (nSPS) is 33.6. The van der Waals surface area contributed by atoms with E-state index in [1.165, 1.54) is 25.8 Å². The van der Waals surface area contributed by atoms with Crippen molar-refractivity contribution >= 4 is 0 Å². The lowest BCUT2D eigenvalue weighted by atomic mass is 9.79. The summed E-state index contributed by atoms with van der Waals surface area (Å²) in [6.07, 6.45) is 5.32. The maximum Gasteiger partial charge on any atom is 0.0118 e. The summed E-state index contributed by atoms with van der Waals surface area (Å²) in [5.74, 6) is 1.80. The van der Waals surface area contributed by atoms with E-state index in [9.17, 15) is 0 Å². The quantitative estimate of drug-likeness (QED) is 0.749. The van der Waals surface area contributed by atoms with Gasteiger partial charge < -0.3 is 10.6 Å². The van der Waals surface area contributed by atoms with E-state index in [4.69, 9.17) is 5.73 Å². The standard InChI is InChI=1S/C12H26N2/c1-10-5-6-12(11(2)9-10)14(3)8-4-7-13/h10-12H,4-9,13H2,1-3H3. The Balaban J connectivity index is 2.35. The Labute approximate surface area is 88.8 Å². The molecule has 0 spiro atoms. The van der Waals surface area contributed by atoms with E-state index in [0.29, 0.717) is 0 Å². The average molecular weight is 198 g/mol. The molecule has 2 N–H and O–H groups in total. The molecule has 0 aromatic carbocycles. The summed E-state index contributed by atoms with van der Waals surface area (Å²) in [4.78, 5) is 2.52. The van der Waals surface area contributed by atoms with E-state index >= 15 is 0 Å². The van der Waals surface area contributed by atoms with Crippen LogP contribution >= 0.6 is 0 Å². The number of nitrogens with two attached hydrogens (primary N) is 1. The van der Waals surface area contributed by atoms with Gasteiger partial charge in [0.05, 0.1) is 0 Å². The van der Waals surface area contributed by atoms with E-state index < -0.39 is 0 Å². The van der Waals surface area contributed by atoms with Crippen LogP contribution in [0.2, 0.25) is 0 Å². The van der Waals surface area contributed by atoms with Gasteiger partial charge in [0, 0.05) is 6.04 Å². The van der Waals surface area contributed by atoms with E-state index in [-0.39, 0.29) is 0 Å². The Morgan fingerprint density at radius 2 is 2.00 bits per heavy atom. The molecule has 0 radical (unpaired) electrons. The van der Waals surface area contributed by atoms with E-state index in [1.54, 1.807) is 0 Å². The van der Waals surface area contributed by atoms with Crippen molar-refractivity contribution in [2.75, 3.05) is 20.1 Å². The van der Waals surface area contributed by atoms with Crippen LogP contribution in [0.25, 0.3) is 0 Å². The third kappa shape index (κ3) is 3.25. The first-order valence-electron chi connectivity index (χ1n) is 6.05. The molecular weight excluding hydrogens is 172 g/mol. The third-order valence-corrected chi connectivity index (χ3v) is 3.67. The van der Waals surface area contributed by atoms with Crippen molar-refractivity contribution in [2.45, 2.75) is 45.6 Å². The molecule has 0 bridgehead atoms. The SMILES string of the molecule is CC1CCC(N(C)CCCN)C(C)C1. The second kappa shape index (κ2) is 5.72. The molecule has 0 aromatic heterocycles. The lowest BCUT2D eigenvalue weighted by Crippen LogP contribution is -2.41. The summed E-state index contributed by atoms with van der Waals surface area (Å²) >= 11 is 0. The van der Waals surface area contributed by atoms with Crippen molar-refractivity contribution in [3.63, 3.8) is 0 Å². The lowest BCUT2D eigenvalue weighted by molar-refractivity contribution is 0.116. The first-order valence-corrected chi connectivity index (χ1v) is 6.05. The zero-order valence-corrected chi connectivity index (χ0v) is 10.00. The van der Waals surface area contributed by atoms with Gasteiger partial charge >= 0.3 is 0 Å². The molecule has 84 valence electrons. The number of hydrogen-bond donors (Lipinski definition) is 1. The minimum absolute atomic E-state index is 0.803. The first-order chi connectivity index (χ1) is 6.65. The fourth-order valence-electron chi connectivity index (χ4n) is 2.81. The van der Waals surface area contributed by atoms with E-state index in [2.05, 4.69) is 25.8 Å². The summed E-state index contributed by atoms with van der Waals surface area (Å²) in [6.45, 7) is 6.77. The second-order valence-electron chi connectivity index (χ2n) is 5.09. The van der Waals surface area contributed by atoms with Gasteiger partial charge in [-0.3, -0.25) is 0 Å². The summed E-state index contributed by atoms with van der Waals surface area (Å²) in [5, 5.41) is 0. The van der Waals surface area contributed by atoms with Gasteiger partial charge in [0.25, 0.3) is 0 Å². The Bertz CT molecular complexity index is 158. The molecular formula is C12H26N2. The van der Waals surface area contributed by atoms with Crippen LogP contribution in [0.4, 0.5) is 0 Å². The fraction of sp³-hybridized carbons (Fsp3) is 1.00. The van der Waals surface area contributed by atoms with Gasteiger partial charge in [0.2, 0.25) is 0 Å². The number of hydrogen-bond acceptors (Lipinski definition) is 2. The topological polar surface area (TPSA) is 29.3 Å². The second-order valence-corrected chi connectivity index (χ2v) is 5.09. The van der Waals surface area contributed by atoms with Crippen molar-refractivity contribution in [2.24, 2.45) is 17.6 Å². The van der Waals surface area contributed by atoms with Gasteiger partial charge in [-0.25, -0.2) is 0 Å². The lowest BCUT2D eigenvalue weighted by Gasteiger charge is -2.38. The molecule has 1 aliphatic rings. The minimum atomic E-state index is 0.803. The number of nitrogens with zero attached hydrogens (tertiary/aromatic N) is 1. The summed E-state index contributed by atoms with van der Waals surface area (Å²) < 4.78 is 0. The maximum absolute atomic E-state index is 5.54. The van der Waals surface area contributed by atoms with Crippen LogP contribution in [0.1, 0.15) is 39.5 Å². The highest BCUT2D eigenvalue weighted by Gasteiger charge is 2.27.